The van der Waals surface area contributed by atoms with Gasteiger partial charge in [0, 0.05) is 22.2 Å². The molecule has 1 aromatic heterocycles. The van der Waals surface area contributed by atoms with Crippen molar-refractivity contribution >= 4 is 34.2 Å². The molecule has 0 saturated carbocycles. The molecule has 3 nitrogen and oxygen atoms in total. The van der Waals surface area contributed by atoms with Gasteiger partial charge < -0.3 is 9.15 Å². The van der Waals surface area contributed by atoms with Crippen LogP contribution in [-0.2, 0) is 12.8 Å². The molecule has 0 amide bonds. The Kier molecular flexibility index (Phi) is 5.88. The number of hydrogen-bond donors (Lipinski definition) is 0. The molecule has 0 saturated heterocycles. The van der Waals surface area contributed by atoms with Crippen molar-refractivity contribution < 1.29 is 26.7 Å². The molecule has 9 heteroatoms. The summed E-state index contributed by atoms with van der Waals surface area (Å²) in [6.07, 6.45) is -4.96. The van der Waals surface area contributed by atoms with Gasteiger partial charge in [0.25, 0.3) is 0 Å². The van der Waals surface area contributed by atoms with Crippen LogP contribution in [0.15, 0.2) is 69.9 Å². The van der Waals surface area contributed by atoms with Crippen molar-refractivity contribution in [3.05, 3.63) is 98.1 Å². The molecule has 0 fully saturated rings. The first-order valence-electron chi connectivity index (χ1n) is 9.15. The summed E-state index contributed by atoms with van der Waals surface area (Å²) in [6.45, 7) is -0.273. The molecule has 0 aliphatic heterocycles. The van der Waals surface area contributed by atoms with Crippen LogP contribution in [0.2, 0.25) is 10.0 Å². The second-order valence-corrected chi connectivity index (χ2v) is 7.57. The molecule has 0 radical (unpaired) electrons. The van der Waals surface area contributed by atoms with Gasteiger partial charge in [-0.1, -0.05) is 47.5 Å². The summed E-state index contributed by atoms with van der Waals surface area (Å²) in [5, 5.41) is 0.0247. The quantitative estimate of drug-likeness (QED) is 0.282. The predicted octanol–water partition coefficient (Wildman–Crippen LogP) is 7.50. The van der Waals surface area contributed by atoms with E-state index in [0.29, 0.717) is 0 Å². The second kappa shape index (κ2) is 8.48. The van der Waals surface area contributed by atoms with E-state index in [0.717, 1.165) is 6.07 Å². The first-order valence-corrected chi connectivity index (χ1v) is 9.91. The van der Waals surface area contributed by atoms with Crippen molar-refractivity contribution in [1.29, 1.82) is 0 Å². The molecule has 0 aliphatic rings. The zero-order valence-electron chi connectivity index (χ0n) is 16.0. The van der Waals surface area contributed by atoms with Crippen molar-refractivity contribution in [2.24, 2.45) is 0 Å². The van der Waals surface area contributed by atoms with Gasteiger partial charge in [0.1, 0.15) is 23.8 Å². The van der Waals surface area contributed by atoms with Crippen LogP contribution in [0.4, 0.5) is 17.6 Å². The van der Waals surface area contributed by atoms with Crippen LogP contribution in [0.5, 0.6) is 5.75 Å². The van der Waals surface area contributed by atoms with Crippen LogP contribution in [-0.4, -0.2) is 0 Å². The summed E-state index contributed by atoms with van der Waals surface area (Å²) < 4.78 is 65.8. The highest BCUT2D eigenvalue weighted by Crippen LogP contribution is 2.39. The number of fused-ring (bicyclic) bond motifs is 1. The molecule has 4 aromatic rings. The molecule has 32 heavy (non-hydrogen) atoms. The monoisotopic (exact) mass is 482 g/mol. The molecule has 3 aromatic carbocycles. The van der Waals surface area contributed by atoms with Gasteiger partial charge in [0.15, 0.2) is 0 Å². The van der Waals surface area contributed by atoms with Crippen molar-refractivity contribution in [2.75, 3.05) is 0 Å². The highest BCUT2D eigenvalue weighted by Gasteiger charge is 2.39. The van der Waals surface area contributed by atoms with Crippen molar-refractivity contribution in [3.8, 4) is 16.9 Å². The summed E-state index contributed by atoms with van der Waals surface area (Å²) in [6, 6.07) is 13.6. The van der Waals surface area contributed by atoms with Gasteiger partial charge in [0.2, 0.25) is 11.2 Å². The lowest BCUT2D eigenvalue weighted by atomic mass is 10.0. The minimum atomic E-state index is -4.96. The number of rotatable bonds is 4. The Balaban J connectivity index is 1.82. The Hall–Kier alpha value is -3.03. The molecule has 1 heterocycles. The van der Waals surface area contributed by atoms with E-state index in [1.54, 1.807) is 0 Å². The number of alkyl halides is 3. The minimum Gasteiger partial charge on any atom is -0.489 e. The molecule has 0 spiro atoms. The number of halogens is 6. The summed E-state index contributed by atoms with van der Waals surface area (Å²) in [4.78, 5) is 13.0. The van der Waals surface area contributed by atoms with Gasteiger partial charge in [-0.05, 0) is 30.3 Å². The van der Waals surface area contributed by atoms with Gasteiger partial charge >= 0.3 is 6.18 Å². The molecule has 164 valence electrons. The van der Waals surface area contributed by atoms with E-state index in [2.05, 4.69) is 0 Å². The van der Waals surface area contributed by atoms with Crippen LogP contribution in [0.1, 0.15) is 11.3 Å². The molecule has 0 atom stereocenters. The maximum absolute atomic E-state index is 13.9. The summed E-state index contributed by atoms with van der Waals surface area (Å²) in [5.74, 6) is -2.00. The van der Waals surface area contributed by atoms with E-state index in [1.165, 1.54) is 54.6 Å². The third-order valence-corrected chi connectivity index (χ3v) is 5.39. The summed E-state index contributed by atoms with van der Waals surface area (Å²) >= 11 is 12.0. The van der Waals surface area contributed by atoms with Crippen LogP contribution >= 0.6 is 23.2 Å². The third kappa shape index (κ3) is 4.18. The van der Waals surface area contributed by atoms with Gasteiger partial charge in [0.05, 0.1) is 16.0 Å². The Morgan fingerprint density at radius 1 is 0.938 bits per heavy atom. The van der Waals surface area contributed by atoms with Gasteiger partial charge in [-0.15, -0.1) is 0 Å². The van der Waals surface area contributed by atoms with E-state index in [1.807, 2.05) is 0 Å². The predicted molar refractivity (Wildman–Crippen MR) is 114 cm³/mol. The lowest BCUT2D eigenvalue weighted by molar-refractivity contribution is -0.152. The maximum atomic E-state index is 13.9. The van der Waals surface area contributed by atoms with E-state index >= 15 is 0 Å². The van der Waals surface area contributed by atoms with Gasteiger partial charge in [-0.2, -0.15) is 13.2 Å². The van der Waals surface area contributed by atoms with Crippen LogP contribution in [0.25, 0.3) is 22.1 Å². The Bertz CT molecular complexity index is 1360. The molecule has 4 rings (SSSR count). The normalized spacial score (nSPS) is 11.7. The zero-order chi connectivity index (χ0) is 23.0. The fourth-order valence-corrected chi connectivity index (χ4v) is 3.64. The number of benzene rings is 3. The molecule has 0 aliphatic carbocycles. The first kappa shape index (κ1) is 22.2. The highest BCUT2D eigenvalue weighted by molar-refractivity contribution is 6.33. The van der Waals surface area contributed by atoms with Crippen LogP contribution < -0.4 is 10.2 Å². The van der Waals surface area contributed by atoms with Crippen molar-refractivity contribution in [2.45, 2.75) is 12.8 Å². The van der Waals surface area contributed by atoms with Gasteiger partial charge in [-0.3, -0.25) is 4.79 Å². The van der Waals surface area contributed by atoms with Crippen molar-refractivity contribution in [3.63, 3.8) is 0 Å². The Labute approximate surface area is 188 Å². The first-order chi connectivity index (χ1) is 15.2. The fourth-order valence-electron chi connectivity index (χ4n) is 3.20. The lowest BCUT2D eigenvalue weighted by Gasteiger charge is -2.14. The standard InChI is InChI=1S/C23H12Cl2F4O3/c24-16-5-2-1-4-13(16)20-21(30)14-9-8-12(10-19(14)32-22(20)23(27,28)29)31-11-15-17(25)6-3-7-18(15)26/h1-10H,11H2. The SMILES string of the molecule is O=c1c(-c2ccccc2Cl)c(C(F)(F)F)oc2cc(OCc3c(F)cccc3Cl)ccc12. The van der Waals surface area contributed by atoms with E-state index in [9.17, 15) is 22.4 Å². The number of hydrogen-bond acceptors (Lipinski definition) is 3. The zero-order valence-corrected chi connectivity index (χ0v) is 17.5. The van der Waals surface area contributed by atoms with E-state index in [4.69, 9.17) is 32.4 Å². The smallest absolute Gasteiger partial charge is 0.450 e. The molecule has 0 unspecified atom stereocenters. The molecular weight excluding hydrogens is 471 g/mol. The fraction of sp³-hybridized carbons (Fsp3) is 0.0870. The Morgan fingerprint density at radius 2 is 1.66 bits per heavy atom. The molecule has 0 N–H and O–H groups in total. The second-order valence-electron chi connectivity index (χ2n) is 6.76. The summed E-state index contributed by atoms with van der Waals surface area (Å²) in [7, 11) is 0. The lowest BCUT2D eigenvalue weighted by Crippen LogP contribution is -2.16. The van der Waals surface area contributed by atoms with Crippen molar-refractivity contribution in [1.82, 2.24) is 0 Å². The average molecular weight is 483 g/mol. The largest absolute Gasteiger partial charge is 0.489 e. The van der Waals surface area contributed by atoms with Crippen LogP contribution in [0, 0.1) is 5.82 Å². The maximum Gasteiger partial charge on any atom is 0.450 e. The minimum absolute atomic E-state index is 0.0219. The molecule has 0 bridgehead atoms. The Morgan fingerprint density at radius 3 is 2.34 bits per heavy atom. The molecular formula is C23H12Cl2F4O3. The number of ether oxygens (including phenoxy) is 1. The summed E-state index contributed by atoms with van der Waals surface area (Å²) in [5.41, 5.74) is -1.92. The van der Waals surface area contributed by atoms with Gasteiger partial charge in [-0.25, -0.2) is 4.39 Å². The average Bonchev–Trinajstić information content (AvgIpc) is 2.73. The topological polar surface area (TPSA) is 39.4 Å². The third-order valence-electron chi connectivity index (χ3n) is 4.71. The van der Waals surface area contributed by atoms with E-state index in [-0.39, 0.29) is 44.5 Å². The highest BCUT2D eigenvalue weighted by atomic mass is 35.5. The van der Waals surface area contributed by atoms with E-state index < -0.39 is 28.7 Å². The van der Waals surface area contributed by atoms with Crippen LogP contribution in [0.3, 0.4) is 0 Å².